The van der Waals surface area contributed by atoms with Gasteiger partial charge in [-0.2, -0.15) is 5.10 Å². The van der Waals surface area contributed by atoms with Crippen LogP contribution >= 0.6 is 0 Å². The molecule has 0 aliphatic heterocycles. The number of nitrogens with zero attached hydrogens (tertiary/aromatic N) is 2. The summed E-state index contributed by atoms with van der Waals surface area (Å²) in [6.07, 6.45) is 1.77. The Morgan fingerprint density at radius 2 is 2.17 bits per heavy atom. The van der Waals surface area contributed by atoms with Crippen LogP contribution in [0.3, 0.4) is 0 Å². The zero-order valence-electron chi connectivity index (χ0n) is 13.1. The molecule has 122 valence electrons. The lowest BCUT2D eigenvalue weighted by molar-refractivity contribution is -0.121. The zero-order valence-corrected chi connectivity index (χ0v) is 13.1. The summed E-state index contributed by atoms with van der Waals surface area (Å²) in [5.41, 5.74) is 3.81. The molecule has 24 heavy (non-hydrogen) atoms. The van der Waals surface area contributed by atoms with E-state index in [0.717, 1.165) is 5.76 Å². The summed E-state index contributed by atoms with van der Waals surface area (Å²) < 4.78 is 5.30. The molecule has 0 radical (unpaired) electrons. The van der Waals surface area contributed by atoms with Gasteiger partial charge in [0, 0.05) is 12.8 Å². The standard InChI is InChI=1S/C17H16N4O3/c1-11-6-7-12(24-11)10-18-21-16(22)9-8-15-17(23)20-14-5-3-2-4-13(14)19-15/h2-7,10H,8-9H2,1H3,(H,20,23)(H,21,22)/b18-10+. The Bertz CT molecular complexity index is 956. The number of H-pyrrole nitrogens is 1. The molecule has 0 aliphatic rings. The molecular weight excluding hydrogens is 308 g/mol. The van der Waals surface area contributed by atoms with E-state index in [4.69, 9.17) is 4.42 Å². The summed E-state index contributed by atoms with van der Waals surface area (Å²) in [5, 5.41) is 3.81. The van der Waals surface area contributed by atoms with Crippen LogP contribution in [0, 0.1) is 6.92 Å². The van der Waals surface area contributed by atoms with Crippen molar-refractivity contribution in [3.8, 4) is 0 Å². The van der Waals surface area contributed by atoms with E-state index in [1.54, 1.807) is 18.2 Å². The van der Waals surface area contributed by atoms with Gasteiger partial charge in [-0.05, 0) is 31.2 Å². The second-order valence-corrected chi connectivity index (χ2v) is 5.27. The van der Waals surface area contributed by atoms with Gasteiger partial charge >= 0.3 is 0 Å². The first-order valence-electron chi connectivity index (χ1n) is 7.48. The quantitative estimate of drug-likeness (QED) is 0.553. The minimum absolute atomic E-state index is 0.114. The highest BCUT2D eigenvalue weighted by Gasteiger charge is 2.07. The van der Waals surface area contributed by atoms with Crippen molar-refractivity contribution in [1.82, 2.24) is 15.4 Å². The lowest BCUT2D eigenvalue weighted by atomic mass is 10.2. The molecule has 0 unspecified atom stereocenters. The van der Waals surface area contributed by atoms with Crippen molar-refractivity contribution in [2.75, 3.05) is 0 Å². The molecule has 0 saturated heterocycles. The van der Waals surface area contributed by atoms with Crippen molar-refractivity contribution >= 4 is 23.2 Å². The molecule has 3 rings (SSSR count). The Balaban J connectivity index is 1.59. The Kier molecular flexibility index (Phi) is 4.51. The number of aromatic amines is 1. The molecule has 0 spiro atoms. The van der Waals surface area contributed by atoms with Crippen molar-refractivity contribution in [1.29, 1.82) is 0 Å². The van der Waals surface area contributed by atoms with E-state index >= 15 is 0 Å². The van der Waals surface area contributed by atoms with Gasteiger partial charge in [0.25, 0.3) is 5.56 Å². The number of hydrogen-bond donors (Lipinski definition) is 2. The highest BCUT2D eigenvalue weighted by Crippen LogP contribution is 2.07. The molecule has 7 heteroatoms. The Morgan fingerprint density at radius 3 is 2.96 bits per heavy atom. The summed E-state index contributed by atoms with van der Waals surface area (Å²) >= 11 is 0. The number of fused-ring (bicyclic) bond motifs is 1. The van der Waals surface area contributed by atoms with Crippen molar-refractivity contribution in [2.24, 2.45) is 5.10 Å². The SMILES string of the molecule is Cc1ccc(/C=N/NC(=O)CCc2nc3ccccc3[nH]c2=O)o1. The average Bonchev–Trinajstić information content (AvgIpc) is 2.98. The lowest BCUT2D eigenvalue weighted by Crippen LogP contribution is -2.21. The number of amides is 1. The first-order valence-corrected chi connectivity index (χ1v) is 7.48. The lowest BCUT2D eigenvalue weighted by Gasteiger charge is -2.02. The number of nitrogens with one attached hydrogen (secondary N) is 2. The predicted octanol–water partition coefficient (Wildman–Crippen LogP) is 1.91. The van der Waals surface area contributed by atoms with Crippen molar-refractivity contribution < 1.29 is 9.21 Å². The molecule has 3 aromatic rings. The Hall–Kier alpha value is -3.22. The topological polar surface area (TPSA) is 100 Å². The van der Waals surface area contributed by atoms with Gasteiger partial charge < -0.3 is 9.40 Å². The number of aromatic nitrogens is 2. The first kappa shape index (κ1) is 15.7. The van der Waals surface area contributed by atoms with Gasteiger partial charge in [0.15, 0.2) is 0 Å². The maximum Gasteiger partial charge on any atom is 0.270 e. The van der Waals surface area contributed by atoms with E-state index in [1.807, 2.05) is 25.1 Å². The molecule has 2 N–H and O–H groups in total. The Labute approximate surface area is 137 Å². The summed E-state index contributed by atoms with van der Waals surface area (Å²) in [6.45, 7) is 1.82. The maximum absolute atomic E-state index is 12.0. The van der Waals surface area contributed by atoms with E-state index in [-0.39, 0.29) is 24.3 Å². The third kappa shape index (κ3) is 3.75. The van der Waals surface area contributed by atoms with Gasteiger partial charge in [0.2, 0.25) is 5.91 Å². The number of aryl methyl sites for hydroxylation is 2. The van der Waals surface area contributed by atoms with Crippen molar-refractivity contribution in [3.05, 3.63) is 64.0 Å². The van der Waals surface area contributed by atoms with Gasteiger partial charge in [0.05, 0.1) is 17.2 Å². The van der Waals surface area contributed by atoms with E-state index in [2.05, 4.69) is 20.5 Å². The van der Waals surface area contributed by atoms with E-state index in [0.29, 0.717) is 22.5 Å². The largest absolute Gasteiger partial charge is 0.460 e. The maximum atomic E-state index is 12.0. The van der Waals surface area contributed by atoms with Crippen LogP contribution in [0.25, 0.3) is 11.0 Å². The smallest absolute Gasteiger partial charge is 0.270 e. The minimum atomic E-state index is -0.302. The average molecular weight is 324 g/mol. The van der Waals surface area contributed by atoms with Crippen LogP contribution in [0.2, 0.25) is 0 Å². The van der Waals surface area contributed by atoms with E-state index in [1.165, 1.54) is 6.21 Å². The van der Waals surface area contributed by atoms with Gasteiger partial charge in [-0.15, -0.1) is 0 Å². The van der Waals surface area contributed by atoms with Gasteiger partial charge in [-0.3, -0.25) is 9.59 Å². The first-order chi connectivity index (χ1) is 11.6. The van der Waals surface area contributed by atoms with Crippen LogP contribution in [0.1, 0.15) is 23.6 Å². The predicted molar refractivity (Wildman–Crippen MR) is 89.9 cm³/mol. The number of para-hydroxylation sites is 2. The van der Waals surface area contributed by atoms with Crippen LogP contribution in [0.5, 0.6) is 0 Å². The molecule has 2 aromatic heterocycles. The fourth-order valence-electron chi connectivity index (χ4n) is 2.22. The fraction of sp³-hybridized carbons (Fsp3) is 0.176. The molecule has 1 aromatic carbocycles. The number of carbonyl (C=O) groups is 1. The van der Waals surface area contributed by atoms with E-state index in [9.17, 15) is 9.59 Å². The number of hydrazone groups is 1. The van der Waals surface area contributed by atoms with Crippen LogP contribution in [-0.4, -0.2) is 22.1 Å². The van der Waals surface area contributed by atoms with Crippen LogP contribution in [0.15, 0.2) is 50.7 Å². The van der Waals surface area contributed by atoms with Gasteiger partial charge in [-0.1, -0.05) is 12.1 Å². The number of hydrogen-bond acceptors (Lipinski definition) is 5. The second kappa shape index (κ2) is 6.91. The molecule has 0 fully saturated rings. The summed E-state index contributed by atoms with van der Waals surface area (Å²) in [5.74, 6) is 1.02. The van der Waals surface area contributed by atoms with Crippen LogP contribution < -0.4 is 11.0 Å². The third-order valence-corrected chi connectivity index (χ3v) is 3.40. The van der Waals surface area contributed by atoms with Crippen molar-refractivity contribution in [3.63, 3.8) is 0 Å². The monoisotopic (exact) mass is 324 g/mol. The summed E-state index contributed by atoms with van der Waals surface area (Å²) in [7, 11) is 0. The third-order valence-electron chi connectivity index (χ3n) is 3.40. The van der Waals surface area contributed by atoms with Gasteiger partial charge in [0.1, 0.15) is 17.2 Å². The molecule has 7 nitrogen and oxygen atoms in total. The summed E-state index contributed by atoms with van der Waals surface area (Å²) in [4.78, 5) is 30.8. The number of carbonyl (C=O) groups excluding carboxylic acids is 1. The molecular formula is C17H16N4O3. The second-order valence-electron chi connectivity index (χ2n) is 5.27. The molecule has 0 aliphatic carbocycles. The molecule has 0 bridgehead atoms. The fourth-order valence-corrected chi connectivity index (χ4v) is 2.22. The normalized spacial score (nSPS) is 11.2. The van der Waals surface area contributed by atoms with E-state index < -0.39 is 0 Å². The van der Waals surface area contributed by atoms with Gasteiger partial charge in [-0.25, -0.2) is 10.4 Å². The molecule has 2 heterocycles. The van der Waals surface area contributed by atoms with Crippen LogP contribution in [0.4, 0.5) is 0 Å². The molecule has 0 saturated carbocycles. The molecule has 0 atom stereocenters. The number of rotatable bonds is 5. The highest BCUT2D eigenvalue weighted by atomic mass is 16.3. The van der Waals surface area contributed by atoms with Crippen LogP contribution in [-0.2, 0) is 11.2 Å². The zero-order chi connectivity index (χ0) is 16.9. The number of furan rings is 1. The summed E-state index contributed by atoms with van der Waals surface area (Å²) in [6, 6.07) is 10.8. The number of benzene rings is 1. The highest BCUT2D eigenvalue weighted by molar-refractivity contribution is 5.80. The minimum Gasteiger partial charge on any atom is -0.460 e. The molecule has 1 amide bonds. The Morgan fingerprint density at radius 1 is 1.33 bits per heavy atom. The van der Waals surface area contributed by atoms with Crippen molar-refractivity contribution in [2.45, 2.75) is 19.8 Å².